The number of fused-ring (bicyclic) bond motifs is 1. The van der Waals surface area contributed by atoms with Gasteiger partial charge in [-0.2, -0.15) is 0 Å². The minimum Gasteiger partial charge on any atom is -0.366 e. The summed E-state index contributed by atoms with van der Waals surface area (Å²) in [5, 5.41) is 4.64. The second-order valence-electron chi connectivity index (χ2n) is 7.87. The maximum absolute atomic E-state index is 12.5. The summed E-state index contributed by atoms with van der Waals surface area (Å²) in [7, 11) is 3.93. The van der Waals surface area contributed by atoms with Gasteiger partial charge in [0.1, 0.15) is 11.5 Å². The molecule has 5 rings (SSSR count). The first-order valence-electron chi connectivity index (χ1n) is 10.1. The smallest absolute Gasteiger partial charge is 0.256 e. The van der Waals surface area contributed by atoms with Gasteiger partial charge in [-0.15, -0.1) is 0 Å². The van der Waals surface area contributed by atoms with Crippen LogP contribution < -0.4 is 20.9 Å². The van der Waals surface area contributed by atoms with Gasteiger partial charge in [-0.05, 0) is 18.2 Å². The minimum absolute atomic E-state index is 0.168. The molecule has 0 spiro atoms. The van der Waals surface area contributed by atoms with Crippen LogP contribution in [-0.4, -0.2) is 59.1 Å². The van der Waals surface area contributed by atoms with E-state index in [0.717, 1.165) is 45.4 Å². The number of hydrogen-bond acceptors (Lipinski definition) is 9. The normalized spacial score (nSPS) is 13.8. The number of carbonyl (C=O) groups is 1. The van der Waals surface area contributed by atoms with Gasteiger partial charge in [0.2, 0.25) is 0 Å². The fourth-order valence-corrected chi connectivity index (χ4v) is 4.37. The highest BCUT2D eigenvalue weighted by molar-refractivity contribution is 7.18. The van der Waals surface area contributed by atoms with Crippen LogP contribution >= 0.6 is 11.3 Å². The van der Waals surface area contributed by atoms with E-state index >= 15 is 0 Å². The van der Waals surface area contributed by atoms with Crippen molar-refractivity contribution in [2.45, 2.75) is 6.04 Å². The predicted octanol–water partition coefficient (Wildman–Crippen LogP) is 2.61. The van der Waals surface area contributed by atoms with Crippen LogP contribution in [0.3, 0.4) is 0 Å². The van der Waals surface area contributed by atoms with Crippen molar-refractivity contribution >= 4 is 44.8 Å². The molecule has 0 aromatic carbocycles. The van der Waals surface area contributed by atoms with Crippen molar-refractivity contribution in [2.75, 3.05) is 42.3 Å². The molecule has 0 atom stereocenters. The van der Waals surface area contributed by atoms with Gasteiger partial charge in [-0.1, -0.05) is 11.3 Å². The molecule has 10 heteroatoms. The molecule has 0 bridgehead atoms. The molecule has 0 aliphatic carbocycles. The summed E-state index contributed by atoms with van der Waals surface area (Å²) >= 11 is 1.58. The Kier molecular flexibility index (Phi) is 5.16. The van der Waals surface area contributed by atoms with Gasteiger partial charge < -0.3 is 20.9 Å². The molecule has 0 saturated carbocycles. The summed E-state index contributed by atoms with van der Waals surface area (Å²) in [6.45, 7) is 1.57. The Labute approximate surface area is 189 Å². The monoisotopic (exact) mass is 446 g/mol. The van der Waals surface area contributed by atoms with E-state index in [0.29, 0.717) is 11.4 Å². The van der Waals surface area contributed by atoms with Crippen LogP contribution in [0.1, 0.15) is 10.4 Å². The van der Waals surface area contributed by atoms with Crippen molar-refractivity contribution in [3.05, 3.63) is 54.6 Å². The number of carbonyl (C=O) groups excluding carboxylic acids is 1. The van der Waals surface area contributed by atoms with E-state index < -0.39 is 0 Å². The molecule has 0 unspecified atom stereocenters. The zero-order chi connectivity index (χ0) is 22.2. The molecular formula is C22H22N8OS. The molecule has 5 heterocycles. The first kappa shape index (κ1) is 20.3. The molecule has 1 fully saturated rings. The standard InChI is InChI=1S/C22H22N8OS/c1-29(2)22-26-10-18(32-22)20-17(30-11-15(23)12-30)7-14-9-25-19(8-16(14)27-20)28-21(31)13-3-5-24-6-4-13/h3-10,15H,11-12,23H2,1-2H3,(H,25,28,31). The third-order valence-electron chi connectivity index (χ3n) is 5.22. The lowest BCUT2D eigenvalue weighted by molar-refractivity contribution is 0.102. The maximum atomic E-state index is 12.5. The Morgan fingerprint density at radius 2 is 1.97 bits per heavy atom. The van der Waals surface area contributed by atoms with Crippen LogP contribution in [0.5, 0.6) is 0 Å². The van der Waals surface area contributed by atoms with Crippen LogP contribution in [0.25, 0.3) is 21.5 Å². The molecule has 1 saturated heterocycles. The molecule has 4 aromatic rings. The van der Waals surface area contributed by atoms with Gasteiger partial charge in [0.05, 0.1) is 16.1 Å². The summed E-state index contributed by atoms with van der Waals surface area (Å²) in [4.78, 5) is 35.5. The predicted molar refractivity (Wildman–Crippen MR) is 127 cm³/mol. The van der Waals surface area contributed by atoms with Crippen LogP contribution in [0.4, 0.5) is 16.6 Å². The van der Waals surface area contributed by atoms with Gasteiger partial charge in [0, 0.05) is 75.0 Å². The summed E-state index contributed by atoms with van der Waals surface area (Å²) < 4.78 is 0. The quantitative estimate of drug-likeness (QED) is 0.481. The Hall–Kier alpha value is -3.63. The van der Waals surface area contributed by atoms with Gasteiger partial charge in [-0.3, -0.25) is 9.78 Å². The van der Waals surface area contributed by atoms with Crippen LogP contribution in [0.2, 0.25) is 0 Å². The van der Waals surface area contributed by atoms with Gasteiger partial charge in [0.25, 0.3) is 5.91 Å². The first-order valence-corrected chi connectivity index (χ1v) is 11.0. The second-order valence-corrected chi connectivity index (χ2v) is 8.88. The van der Waals surface area contributed by atoms with E-state index in [9.17, 15) is 4.79 Å². The van der Waals surface area contributed by atoms with Gasteiger partial charge >= 0.3 is 0 Å². The van der Waals surface area contributed by atoms with Crippen LogP contribution in [-0.2, 0) is 0 Å². The molecule has 1 amide bonds. The van der Waals surface area contributed by atoms with Gasteiger partial charge in [0.15, 0.2) is 5.13 Å². The van der Waals surface area contributed by atoms with E-state index in [4.69, 9.17) is 10.7 Å². The summed E-state index contributed by atoms with van der Waals surface area (Å²) in [6, 6.07) is 7.35. The number of rotatable bonds is 5. The fourth-order valence-electron chi connectivity index (χ4n) is 3.53. The second kappa shape index (κ2) is 8.13. The lowest BCUT2D eigenvalue weighted by atomic mass is 10.1. The first-order chi connectivity index (χ1) is 15.5. The third kappa shape index (κ3) is 3.85. The Morgan fingerprint density at radius 3 is 2.66 bits per heavy atom. The fraction of sp³-hybridized carbons (Fsp3) is 0.227. The highest BCUT2D eigenvalue weighted by atomic mass is 32.1. The number of hydrogen-bond donors (Lipinski definition) is 2. The third-order valence-corrected chi connectivity index (χ3v) is 6.39. The van der Waals surface area contributed by atoms with E-state index in [2.05, 4.69) is 31.2 Å². The Bertz CT molecular complexity index is 1280. The lowest BCUT2D eigenvalue weighted by Crippen LogP contribution is -2.56. The van der Waals surface area contributed by atoms with Crippen molar-refractivity contribution in [2.24, 2.45) is 5.73 Å². The molecule has 1 aliphatic heterocycles. The number of anilines is 3. The zero-order valence-electron chi connectivity index (χ0n) is 17.7. The molecule has 9 nitrogen and oxygen atoms in total. The van der Waals surface area contributed by atoms with E-state index in [-0.39, 0.29) is 11.9 Å². The SMILES string of the molecule is CN(C)c1ncc(-c2nc3cc(NC(=O)c4ccncc4)ncc3cc2N2CC(N)C2)s1. The van der Waals surface area contributed by atoms with Crippen molar-refractivity contribution < 1.29 is 4.79 Å². The van der Waals surface area contributed by atoms with Crippen molar-refractivity contribution in [1.82, 2.24) is 19.9 Å². The summed E-state index contributed by atoms with van der Waals surface area (Å²) in [5.74, 6) is 0.193. The average Bonchev–Trinajstić information content (AvgIpc) is 3.27. The molecule has 4 aromatic heterocycles. The lowest BCUT2D eigenvalue weighted by Gasteiger charge is -2.39. The van der Waals surface area contributed by atoms with Crippen molar-refractivity contribution in [3.63, 3.8) is 0 Å². The number of pyridine rings is 3. The van der Waals surface area contributed by atoms with Crippen molar-refractivity contribution in [1.29, 1.82) is 0 Å². The van der Waals surface area contributed by atoms with Crippen LogP contribution in [0.15, 0.2) is 49.1 Å². The largest absolute Gasteiger partial charge is 0.366 e. The number of aromatic nitrogens is 4. The van der Waals surface area contributed by atoms with Crippen molar-refractivity contribution in [3.8, 4) is 10.6 Å². The Morgan fingerprint density at radius 1 is 1.19 bits per heavy atom. The molecule has 162 valence electrons. The topological polar surface area (TPSA) is 113 Å². The molecule has 32 heavy (non-hydrogen) atoms. The molecule has 1 aliphatic rings. The van der Waals surface area contributed by atoms with Gasteiger partial charge in [-0.25, -0.2) is 15.0 Å². The number of thiazole rings is 1. The number of nitrogens with one attached hydrogen (secondary N) is 1. The zero-order valence-corrected chi connectivity index (χ0v) is 18.5. The maximum Gasteiger partial charge on any atom is 0.256 e. The van der Waals surface area contributed by atoms with E-state index in [1.165, 1.54) is 0 Å². The molecule has 3 N–H and O–H groups in total. The highest BCUT2D eigenvalue weighted by Crippen LogP contribution is 2.38. The molecule has 0 radical (unpaired) electrons. The number of amides is 1. The van der Waals surface area contributed by atoms with Crippen LogP contribution in [0, 0.1) is 0 Å². The van der Waals surface area contributed by atoms with E-state index in [1.54, 1.807) is 48.1 Å². The average molecular weight is 447 g/mol. The highest BCUT2D eigenvalue weighted by Gasteiger charge is 2.27. The summed E-state index contributed by atoms with van der Waals surface area (Å²) in [5.41, 5.74) is 9.16. The Balaban J connectivity index is 1.53. The number of nitrogens with two attached hydrogens (primary N) is 1. The van der Waals surface area contributed by atoms with E-state index in [1.807, 2.05) is 25.2 Å². The molecular weight excluding hydrogens is 424 g/mol. The minimum atomic E-state index is -0.247. The summed E-state index contributed by atoms with van der Waals surface area (Å²) in [6.07, 6.45) is 6.74. The number of nitrogens with zero attached hydrogens (tertiary/aromatic N) is 6.